The average Bonchev–Trinajstić information content (AvgIpc) is 3.61. The van der Waals surface area contributed by atoms with E-state index < -0.39 is 11.7 Å². The van der Waals surface area contributed by atoms with Gasteiger partial charge in [0.1, 0.15) is 0 Å². The fourth-order valence-corrected chi connectivity index (χ4v) is 6.02. The van der Waals surface area contributed by atoms with Crippen molar-refractivity contribution in [3.8, 4) is 5.75 Å². The van der Waals surface area contributed by atoms with Gasteiger partial charge in [-0.15, -0.1) is 11.3 Å². The van der Waals surface area contributed by atoms with E-state index in [0.717, 1.165) is 29.0 Å². The second-order valence-corrected chi connectivity index (χ2v) is 11.8. The van der Waals surface area contributed by atoms with Crippen molar-refractivity contribution in [3.63, 3.8) is 0 Å². The zero-order valence-corrected chi connectivity index (χ0v) is 25.2. The molecule has 5 rings (SSSR count). The quantitative estimate of drug-likeness (QED) is 0.188. The molecule has 2 aromatic carbocycles. The Morgan fingerprint density at radius 3 is 2.82 bits per heavy atom. The lowest BCUT2D eigenvalue weighted by Gasteiger charge is -2.20. The molecule has 44 heavy (non-hydrogen) atoms. The number of hydrogen-bond donors (Lipinski definition) is 2. The maximum atomic E-state index is 14.7. The molecule has 3 heterocycles. The van der Waals surface area contributed by atoms with Crippen LogP contribution < -0.4 is 15.4 Å². The van der Waals surface area contributed by atoms with E-state index in [9.17, 15) is 23.6 Å². The summed E-state index contributed by atoms with van der Waals surface area (Å²) in [7, 11) is 3.39. The lowest BCUT2D eigenvalue weighted by Crippen LogP contribution is -2.35. The first-order valence-corrected chi connectivity index (χ1v) is 15.0. The van der Waals surface area contributed by atoms with Crippen LogP contribution in [0.15, 0.2) is 65.8 Å². The number of amides is 4. The van der Waals surface area contributed by atoms with Gasteiger partial charge in [-0.25, -0.2) is 4.39 Å². The van der Waals surface area contributed by atoms with Gasteiger partial charge in [0.05, 0.1) is 28.8 Å². The van der Waals surface area contributed by atoms with Gasteiger partial charge in [0.25, 0.3) is 11.8 Å². The number of anilines is 1. The molecule has 0 spiro atoms. The molecule has 0 radical (unpaired) electrons. The van der Waals surface area contributed by atoms with E-state index in [1.54, 1.807) is 43.4 Å². The van der Waals surface area contributed by atoms with E-state index in [0.29, 0.717) is 29.2 Å². The number of carbonyl (C=O) groups is 4. The number of fused-ring (bicyclic) bond motifs is 3. The molecule has 1 fully saturated rings. The summed E-state index contributed by atoms with van der Waals surface area (Å²) in [5.41, 5.74) is 1.37. The van der Waals surface area contributed by atoms with Crippen LogP contribution in [0.4, 0.5) is 15.8 Å². The van der Waals surface area contributed by atoms with E-state index >= 15 is 0 Å². The largest absolute Gasteiger partial charge is 0.490 e. The third-order valence-electron chi connectivity index (χ3n) is 7.17. The van der Waals surface area contributed by atoms with Crippen LogP contribution in [0, 0.1) is 5.82 Å². The summed E-state index contributed by atoms with van der Waals surface area (Å²) < 4.78 is 21.2. The molecule has 0 saturated carbocycles. The molecule has 228 valence electrons. The van der Waals surface area contributed by atoms with E-state index in [-0.39, 0.29) is 53.8 Å². The van der Waals surface area contributed by atoms with E-state index in [4.69, 9.17) is 4.74 Å². The van der Waals surface area contributed by atoms with Crippen molar-refractivity contribution < 1.29 is 28.3 Å². The number of nitrogens with one attached hydrogen (secondary N) is 2. The maximum absolute atomic E-state index is 14.7. The Hall–Kier alpha value is -4.84. The van der Waals surface area contributed by atoms with Crippen molar-refractivity contribution in [1.29, 1.82) is 0 Å². The number of carbonyl (C=O) groups excluding carboxylic acids is 4. The maximum Gasteiger partial charge on any atom is 0.263 e. The zero-order valence-electron chi connectivity index (χ0n) is 24.4. The number of ether oxygens (including phenoxy) is 1. The van der Waals surface area contributed by atoms with Crippen LogP contribution >= 0.6 is 11.3 Å². The topological polar surface area (TPSA) is 120 Å². The number of thiophene rings is 1. The predicted octanol–water partition coefficient (Wildman–Crippen LogP) is 5.05. The Balaban J connectivity index is 1.06. The highest BCUT2D eigenvalue weighted by atomic mass is 32.1. The van der Waals surface area contributed by atoms with Gasteiger partial charge in [0.2, 0.25) is 11.8 Å². The molecule has 0 bridgehead atoms. The molecule has 3 aromatic rings. The molecule has 2 N–H and O–H groups in total. The molecule has 4 amide bonds. The lowest BCUT2D eigenvalue weighted by atomic mass is 10.1. The summed E-state index contributed by atoms with van der Waals surface area (Å²) in [5, 5.41) is 6.20. The first kappa shape index (κ1) is 30.6. The minimum Gasteiger partial charge on any atom is -0.490 e. The van der Waals surface area contributed by atoms with Crippen molar-refractivity contribution in [2.24, 2.45) is 4.99 Å². The normalized spacial score (nSPS) is 15.6. The summed E-state index contributed by atoms with van der Waals surface area (Å²) in [4.78, 5) is 58.0. The number of nitrogens with zero attached hydrogens (tertiary/aromatic N) is 3. The fourth-order valence-electron chi connectivity index (χ4n) is 4.96. The highest BCUT2D eigenvalue weighted by Crippen LogP contribution is 2.33. The standard InChI is InChI=1S/C32H32FN5O5S/c1-19(8-11-30(40)36-21-9-10-27-20(14-21)15-28(44-27)32(42)37(2)3)35-29(39)7-5-13-43-26-17-25-23(16-24(26)33)31(41)38-12-4-6-22(38)18-34-25/h8-11,14-18,22H,1,4-7,12-13H2,2-3H3,(H,35,39)(H,36,40)/b11-8+/t22-/m0/s1. The number of aliphatic imine (C=N–C) groups is 1. The molecule has 0 unspecified atom stereocenters. The first-order chi connectivity index (χ1) is 21.1. The number of rotatable bonds is 10. The molecule has 1 saturated heterocycles. The van der Waals surface area contributed by atoms with Gasteiger partial charge >= 0.3 is 0 Å². The van der Waals surface area contributed by atoms with Crippen molar-refractivity contribution in [2.75, 3.05) is 32.6 Å². The summed E-state index contributed by atoms with van der Waals surface area (Å²) in [6.45, 7) is 4.45. The number of benzene rings is 2. The molecule has 1 atom stereocenters. The molecule has 2 aliphatic rings. The zero-order chi connectivity index (χ0) is 31.4. The average molecular weight is 618 g/mol. The van der Waals surface area contributed by atoms with Gasteiger partial charge in [-0.2, -0.15) is 0 Å². The van der Waals surface area contributed by atoms with Crippen LogP contribution in [0.1, 0.15) is 45.7 Å². The van der Waals surface area contributed by atoms with E-state index in [1.165, 1.54) is 34.5 Å². The molecule has 2 aliphatic heterocycles. The molecule has 10 nitrogen and oxygen atoms in total. The third-order valence-corrected chi connectivity index (χ3v) is 8.27. The van der Waals surface area contributed by atoms with Gasteiger partial charge in [0, 0.05) is 61.5 Å². The number of allylic oxidation sites excluding steroid dienone is 1. The Kier molecular flexibility index (Phi) is 9.19. The Bertz CT molecular complexity index is 1710. The van der Waals surface area contributed by atoms with E-state index in [2.05, 4.69) is 22.2 Å². The fraction of sp³-hybridized carbons (Fsp3) is 0.281. The highest BCUT2D eigenvalue weighted by Gasteiger charge is 2.32. The van der Waals surface area contributed by atoms with Crippen LogP contribution in [-0.4, -0.2) is 72.9 Å². The smallest absolute Gasteiger partial charge is 0.263 e. The minimum atomic E-state index is -0.661. The van der Waals surface area contributed by atoms with Crippen LogP contribution in [0.5, 0.6) is 5.75 Å². The molecule has 0 aliphatic carbocycles. The van der Waals surface area contributed by atoms with Crippen molar-refractivity contribution in [1.82, 2.24) is 15.1 Å². The Labute approximate surface area is 257 Å². The summed E-state index contributed by atoms with van der Waals surface area (Å²) in [6, 6.07) is 9.68. The highest BCUT2D eigenvalue weighted by molar-refractivity contribution is 7.20. The second-order valence-electron chi connectivity index (χ2n) is 10.7. The van der Waals surface area contributed by atoms with Crippen LogP contribution in [-0.2, 0) is 9.59 Å². The van der Waals surface area contributed by atoms with Gasteiger partial charge < -0.3 is 25.2 Å². The van der Waals surface area contributed by atoms with Gasteiger partial charge in [-0.1, -0.05) is 6.58 Å². The van der Waals surface area contributed by atoms with Crippen LogP contribution in [0.2, 0.25) is 0 Å². The van der Waals surface area contributed by atoms with Gasteiger partial charge in [-0.05, 0) is 61.1 Å². The Morgan fingerprint density at radius 2 is 2.02 bits per heavy atom. The van der Waals surface area contributed by atoms with Crippen LogP contribution in [0.3, 0.4) is 0 Å². The molecular weight excluding hydrogens is 585 g/mol. The monoisotopic (exact) mass is 617 g/mol. The molecule has 12 heteroatoms. The van der Waals surface area contributed by atoms with Gasteiger partial charge in [-0.3, -0.25) is 24.2 Å². The van der Waals surface area contributed by atoms with E-state index in [1.807, 2.05) is 6.07 Å². The molecule has 1 aromatic heterocycles. The third kappa shape index (κ3) is 7.03. The first-order valence-electron chi connectivity index (χ1n) is 14.1. The van der Waals surface area contributed by atoms with Crippen molar-refractivity contribution >= 4 is 62.6 Å². The Morgan fingerprint density at radius 1 is 1.20 bits per heavy atom. The lowest BCUT2D eigenvalue weighted by molar-refractivity contribution is -0.120. The van der Waals surface area contributed by atoms with Crippen LogP contribution in [0.25, 0.3) is 10.1 Å². The predicted molar refractivity (Wildman–Crippen MR) is 168 cm³/mol. The minimum absolute atomic E-state index is 0.0323. The summed E-state index contributed by atoms with van der Waals surface area (Å²) in [6.07, 6.45) is 6.47. The summed E-state index contributed by atoms with van der Waals surface area (Å²) >= 11 is 1.38. The SMILES string of the molecule is C=C(/C=C/C(=O)Nc1ccc2sc(C(=O)N(C)C)cc2c1)NC(=O)CCCOc1cc2c(cc1F)C(=O)N1CCC[C@H]1C=N2. The molecular formula is C32H32FN5O5S. The summed E-state index contributed by atoms with van der Waals surface area (Å²) in [5.74, 6) is -1.77. The van der Waals surface area contributed by atoms with Crippen molar-refractivity contribution in [3.05, 3.63) is 77.1 Å². The number of hydrogen-bond acceptors (Lipinski definition) is 7. The van der Waals surface area contributed by atoms with Crippen molar-refractivity contribution in [2.45, 2.75) is 31.7 Å². The second kappa shape index (κ2) is 13.2. The van der Waals surface area contributed by atoms with Gasteiger partial charge in [0.15, 0.2) is 11.6 Å². The number of halogens is 1.